The van der Waals surface area contributed by atoms with Crippen molar-refractivity contribution in [2.24, 2.45) is 7.05 Å². The number of aryl methyl sites for hydroxylation is 3. The summed E-state index contributed by atoms with van der Waals surface area (Å²) in [5.74, 6) is 1.58. The standard InChI is InChI=1S/C20H22N4O4/c1-11-7-12(2)21-19-18(11)20(23-24(19)4)26-9-17(25)22-13(3)14-5-6-15-16(8-14)28-10-27-15/h5-8,13H,9-10H2,1-4H3,(H,22,25). The molecule has 4 rings (SSSR count). The molecule has 0 saturated carbocycles. The molecule has 0 spiro atoms. The lowest BCUT2D eigenvalue weighted by Gasteiger charge is -2.15. The monoisotopic (exact) mass is 382 g/mol. The maximum absolute atomic E-state index is 12.4. The van der Waals surface area contributed by atoms with Crippen LogP contribution in [-0.2, 0) is 11.8 Å². The summed E-state index contributed by atoms with van der Waals surface area (Å²) in [7, 11) is 1.81. The molecule has 3 heterocycles. The molecule has 3 aromatic rings. The normalized spacial score (nSPS) is 13.6. The zero-order chi connectivity index (χ0) is 19.8. The minimum absolute atomic E-state index is 0.131. The van der Waals surface area contributed by atoms with E-state index in [1.165, 1.54) is 0 Å². The number of hydrogen-bond donors (Lipinski definition) is 1. The number of hydrogen-bond acceptors (Lipinski definition) is 6. The average molecular weight is 382 g/mol. The largest absolute Gasteiger partial charge is 0.466 e. The summed E-state index contributed by atoms with van der Waals surface area (Å²) in [4.78, 5) is 16.9. The van der Waals surface area contributed by atoms with E-state index < -0.39 is 0 Å². The fourth-order valence-electron chi connectivity index (χ4n) is 3.33. The molecule has 0 bridgehead atoms. The van der Waals surface area contributed by atoms with Gasteiger partial charge < -0.3 is 19.5 Å². The first-order chi connectivity index (χ1) is 13.4. The number of nitrogens with one attached hydrogen (secondary N) is 1. The van der Waals surface area contributed by atoms with E-state index in [2.05, 4.69) is 15.4 Å². The van der Waals surface area contributed by atoms with Gasteiger partial charge in [-0.25, -0.2) is 9.67 Å². The molecule has 1 aliphatic heterocycles. The Labute approximate surface area is 162 Å². The Morgan fingerprint density at radius 1 is 1.29 bits per heavy atom. The molecule has 1 N–H and O–H groups in total. The molecule has 1 aromatic carbocycles. The maximum atomic E-state index is 12.4. The zero-order valence-corrected chi connectivity index (χ0v) is 16.3. The first-order valence-corrected chi connectivity index (χ1v) is 9.05. The van der Waals surface area contributed by atoms with Crippen LogP contribution in [0, 0.1) is 13.8 Å². The number of amides is 1. The summed E-state index contributed by atoms with van der Waals surface area (Å²) >= 11 is 0. The molecule has 8 heteroatoms. The summed E-state index contributed by atoms with van der Waals surface area (Å²) in [6, 6.07) is 7.39. The highest BCUT2D eigenvalue weighted by Gasteiger charge is 2.19. The number of ether oxygens (including phenoxy) is 3. The number of carbonyl (C=O) groups excluding carboxylic acids is 1. The number of benzene rings is 1. The SMILES string of the molecule is Cc1cc(C)c2c(OCC(=O)NC(C)c3ccc4c(c3)OCO4)nn(C)c2n1. The second-order valence-electron chi connectivity index (χ2n) is 6.90. The van der Waals surface area contributed by atoms with Crippen LogP contribution in [0.1, 0.15) is 29.8 Å². The van der Waals surface area contributed by atoms with Crippen LogP contribution in [0.5, 0.6) is 17.4 Å². The molecule has 0 saturated heterocycles. The number of pyridine rings is 1. The van der Waals surface area contributed by atoms with Crippen molar-refractivity contribution in [3.05, 3.63) is 41.1 Å². The number of aromatic nitrogens is 3. The lowest BCUT2D eigenvalue weighted by atomic mass is 10.1. The zero-order valence-electron chi connectivity index (χ0n) is 16.3. The molecule has 8 nitrogen and oxygen atoms in total. The molecule has 1 aliphatic rings. The minimum atomic E-state index is -0.235. The van der Waals surface area contributed by atoms with Gasteiger partial charge in [0.05, 0.1) is 11.4 Å². The van der Waals surface area contributed by atoms with Crippen LogP contribution in [0.25, 0.3) is 11.0 Å². The van der Waals surface area contributed by atoms with Crippen molar-refractivity contribution < 1.29 is 19.0 Å². The van der Waals surface area contributed by atoms with Crippen molar-refractivity contribution in [1.29, 1.82) is 0 Å². The number of rotatable bonds is 5. The van der Waals surface area contributed by atoms with Gasteiger partial charge in [0.1, 0.15) is 0 Å². The molecule has 1 atom stereocenters. The topological polar surface area (TPSA) is 87.5 Å². The number of fused-ring (bicyclic) bond motifs is 2. The van der Waals surface area contributed by atoms with Gasteiger partial charge in [0.2, 0.25) is 12.7 Å². The predicted molar refractivity (Wildman–Crippen MR) is 103 cm³/mol. The lowest BCUT2D eigenvalue weighted by molar-refractivity contribution is -0.123. The Bertz CT molecular complexity index is 1060. The van der Waals surface area contributed by atoms with Crippen molar-refractivity contribution in [3.8, 4) is 17.4 Å². The fourth-order valence-corrected chi connectivity index (χ4v) is 3.33. The van der Waals surface area contributed by atoms with Crippen molar-refractivity contribution >= 4 is 16.9 Å². The van der Waals surface area contributed by atoms with Crippen LogP contribution in [-0.4, -0.2) is 34.1 Å². The Morgan fingerprint density at radius 2 is 2.07 bits per heavy atom. The molecular formula is C20H22N4O4. The second kappa shape index (κ2) is 7.03. The summed E-state index contributed by atoms with van der Waals surface area (Å²) in [5.41, 5.74) is 3.59. The van der Waals surface area contributed by atoms with E-state index in [9.17, 15) is 4.79 Å². The molecule has 0 fully saturated rings. The van der Waals surface area contributed by atoms with E-state index in [-0.39, 0.29) is 25.3 Å². The molecular weight excluding hydrogens is 360 g/mol. The van der Waals surface area contributed by atoms with Crippen LogP contribution >= 0.6 is 0 Å². The van der Waals surface area contributed by atoms with Gasteiger partial charge in [-0.3, -0.25) is 4.79 Å². The highest BCUT2D eigenvalue weighted by molar-refractivity contribution is 5.85. The van der Waals surface area contributed by atoms with Gasteiger partial charge in [-0.05, 0) is 50.1 Å². The molecule has 2 aromatic heterocycles. The van der Waals surface area contributed by atoms with Crippen molar-refractivity contribution in [1.82, 2.24) is 20.1 Å². The molecule has 28 heavy (non-hydrogen) atoms. The quantitative estimate of drug-likeness (QED) is 0.730. The third kappa shape index (κ3) is 3.33. The van der Waals surface area contributed by atoms with Gasteiger partial charge >= 0.3 is 0 Å². The number of nitrogens with zero attached hydrogens (tertiary/aromatic N) is 3. The van der Waals surface area contributed by atoms with E-state index in [0.717, 1.165) is 27.9 Å². The summed E-state index contributed by atoms with van der Waals surface area (Å²) in [5, 5.41) is 8.11. The lowest BCUT2D eigenvalue weighted by Crippen LogP contribution is -2.31. The van der Waals surface area contributed by atoms with E-state index in [0.29, 0.717) is 17.4 Å². The van der Waals surface area contributed by atoms with Crippen LogP contribution in [0.15, 0.2) is 24.3 Å². The van der Waals surface area contributed by atoms with Gasteiger partial charge in [-0.1, -0.05) is 6.07 Å². The predicted octanol–water partition coefficient (Wildman–Crippen LogP) is 2.57. The van der Waals surface area contributed by atoms with E-state index in [4.69, 9.17) is 14.2 Å². The second-order valence-corrected chi connectivity index (χ2v) is 6.90. The first-order valence-electron chi connectivity index (χ1n) is 9.05. The van der Waals surface area contributed by atoms with Crippen LogP contribution in [0.4, 0.5) is 0 Å². The Morgan fingerprint density at radius 3 is 2.89 bits per heavy atom. The Balaban J connectivity index is 1.43. The molecule has 0 radical (unpaired) electrons. The summed E-state index contributed by atoms with van der Waals surface area (Å²) < 4.78 is 18.1. The van der Waals surface area contributed by atoms with Gasteiger partial charge in [0, 0.05) is 12.7 Å². The Hall–Kier alpha value is -3.29. The third-order valence-corrected chi connectivity index (χ3v) is 4.70. The van der Waals surface area contributed by atoms with Gasteiger partial charge in [0.25, 0.3) is 5.91 Å². The van der Waals surface area contributed by atoms with Crippen molar-refractivity contribution in [3.63, 3.8) is 0 Å². The molecule has 0 aliphatic carbocycles. The van der Waals surface area contributed by atoms with Crippen molar-refractivity contribution in [2.75, 3.05) is 13.4 Å². The van der Waals surface area contributed by atoms with Gasteiger partial charge in [-0.2, -0.15) is 0 Å². The highest BCUT2D eigenvalue weighted by atomic mass is 16.7. The summed E-state index contributed by atoms with van der Waals surface area (Å²) in [6.45, 7) is 5.91. The first kappa shape index (κ1) is 18.1. The van der Waals surface area contributed by atoms with E-state index in [1.807, 2.05) is 52.1 Å². The van der Waals surface area contributed by atoms with E-state index in [1.54, 1.807) is 4.68 Å². The average Bonchev–Trinajstić information content (AvgIpc) is 3.24. The van der Waals surface area contributed by atoms with Crippen LogP contribution in [0.3, 0.4) is 0 Å². The summed E-state index contributed by atoms with van der Waals surface area (Å²) in [6.07, 6.45) is 0. The van der Waals surface area contributed by atoms with E-state index >= 15 is 0 Å². The fraction of sp³-hybridized carbons (Fsp3) is 0.350. The van der Waals surface area contributed by atoms with Crippen LogP contribution < -0.4 is 19.5 Å². The Kier molecular flexibility index (Phi) is 4.54. The number of carbonyl (C=O) groups is 1. The molecule has 146 valence electrons. The smallest absolute Gasteiger partial charge is 0.258 e. The van der Waals surface area contributed by atoms with Crippen molar-refractivity contribution in [2.45, 2.75) is 26.8 Å². The molecule has 1 unspecified atom stereocenters. The molecule has 1 amide bonds. The highest BCUT2D eigenvalue weighted by Crippen LogP contribution is 2.34. The minimum Gasteiger partial charge on any atom is -0.466 e. The maximum Gasteiger partial charge on any atom is 0.258 e. The van der Waals surface area contributed by atoms with Gasteiger partial charge in [-0.15, -0.1) is 5.10 Å². The third-order valence-electron chi connectivity index (χ3n) is 4.70. The van der Waals surface area contributed by atoms with Crippen LogP contribution in [0.2, 0.25) is 0 Å². The van der Waals surface area contributed by atoms with Gasteiger partial charge in [0.15, 0.2) is 23.8 Å².